The number of alkyl carbamates (subject to hydrolysis) is 2. The molecule has 4 fully saturated rings. The number of piperidine rings is 1. The van der Waals surface area contributed by atoms with Gasteiger partial charge in [-0.3, -0.25) is 9.59 Å². The Bertz CT molecular complexity index is 2320. The molecule has 5 aromatic rings. The summed E-state index contributed by atoms with van der Waals surface area (Å²) in [5.41, 5.74) is 7.77. The third-order valence-corrected chi connectivity index (χ3v) is 12.4. The summed E-state index contributed by atoms with van der Waals surface area (Å²) in [5.74, 6) is 1.29. The van der Waals surface area contributed by atoms with Crippen molar-refractivity contribution in [1.82, 2.24) is 40.4 Å². The van der Waals surface area contributed by atoms with Gasteiger partial charge in [-0.05, 0) is 97.9 Å². The molecular formula is C42H46N8O6. The molecule has 4 N–H and O–H groups in total. The Morgan fingerprint density at radius 1 is 0.679 bits per heavy atom. The van der Waals surface area contributed by atoms with Crippen molar-refractivity contribution in [1.29, 1.82) is 0 Å². The first-order valence-electron chi connectivity index (χ1n) is 19.7. The first kappa shape index (κ1) is 35.8. The third-order valence-electron chi connectivity index (χ3n) is 12.4. The molecule has 14 nitrogen and oxygen atoms in total. The number of imidazole rings is 2. The Morgan fingerprint density at radius 3 is 1.91 bits per heavy atom. The Labute approximate surface area is 323 Å². The quantitative estimate of drug-likeness (QED) is 0.145. The van der Waals surface area contributed by atoms with Crippen LogP contribution in [-0.2, 0) is 19.1 Å². The first-order chi connectivity index (χ1) is 27.3. The molecule has 4 amide bonds. The highest BCUT2D eigenvalue weighted by Crippen LogP contribution is 2.41. The lowest BCUT2D eigenvalue weighted by Crippen LogP contribution is -2.54. The number of hydrogen-bond donors (Lipinski definition) is 4. The van der Waals surface area contributed by atoms with Gasteiger partial charge in [0.05, 0.1) is 54.3 Å². The van der Waals surface area contributed by atoms with Crippen molar-refractivity contribution in [2.75, 3.05) is 20.8 Å². The van der Waals surface area contributed by atoms with Crippen molar-refractivity contribution in [3.8, 4) is 22.3 Å². The number of methoxy groups -OCH3 is 2. The number of rotatable bonds is 7. The molecule has 3 aromatic carbocycles. The number of benzene rings is 3. The molecule has 3 saturated heterocycles. The summed E-state index contributed by atoms with van der Waals surface area (Å²) in [5, 5.41) is 5.56. The van der Waals surface area contributed by atoms with Crippen LogP contribution in [0.3, 0.4) is 0 Å². The summed E-state index contributed by atoms with van der Waals surface area (Å²) in [6, 6.07) is 19.9. The van der Waals surface area contributed by atoms with Gasteiger partial charge in [-0.25, -0.2) is 19.6 Å². The number of carbonyl (C=O) groups excluding carboxylic acids is 4. The normalized spacial score (nSPS) is 24.8. The maximum Gasteiger partial charge on any atom is 0.407 e. The third kappa shape index (κ3) is 6.50. The highest BCUT2D eigenvalue weighted by molar-refractivity contribution is 5.88. The molecule has 9 rings (SSSR count). The lowest BCUT2D eigenvalue weighted by Gasteiger charge is -2.37. The Kier molecular flexibility index (Phi) is 9.34. The Morgan fingerprint density at radius 2 is 1.27 bits per heavy atom. The second-order valence-corrected chi connectivity index (χ2v) is 15.5. The Balaban J connectivity index is 0.897. The van der Waals surface area contributed by atoms with Crippen molar-refractivity contribution >= 4 is 46.1 Å². The van der Waals surface area contributed by atoms with E-state index in [0.717, 1.165) is 107 Å². The standard InChI is InChI=1S/C42H46N8O6/c1-55-41(53)47-29-6-3-5-28(29)39(51)49-20-4-7-35(49)37-43-30-16-12-25(21-33(30)45-37)23-8-10-24(11-9-23)26-13-17-31-34(22-26)46-38(44-31)36-19-15-27-14-18-32(40(52)50(27)36)48-42(54)56-2/h8-13,16-17,21-22,27-29,32,35-36H,3-7,14-15,18-20H2,1-2H3,(H,43,45)(H,44,46)(H,47,53)(H,48,54)/t27-,28-,29-,32-,35-,36-/m0/s1. The smallest absolute Gasteiger partial charge is 0.407 e. The van der Waals surface area contributed by atoms with Crippen LogP contribution in [0.2, 0.25) is 0 Å². The van der Waals surface area contributed by atoms with E-state index < -0.39 is 18.2 Å². The van der Waals surface area contributed by atoms with Gasteiger partial charge >= 0.3 is 12.2 Å². The van der Waals surface area contributed by atoms with E-state index in [-0.39, 0.29) is 41.9 Å². The predicted octanol–water partition coefficient (Wildman–Crippen LogP) is 6.51. The number of nitrogens with one attached hydrogen (secondary N) is 4. The van der Waals surface area contributed by atoms with E-state index in [4.69, 9.17) is 19.4 Å². The summed E-state index contributed by atoms with van der Waals surface area (Å²) >= 11 is 0. The van der Waals surface area contributed by atoms with Gasteiger partial charge in [0, 0.05) is 18.6 Å². The summed E-state index contributed by atoms with van der Waals surface area (Å²) in [4.78, 5) is 71.7. The number of likely N-dealkylation sites (tertiary alicyclic amines) is 1. The summed E-state index contributed by atoms with van der Waals surface area (Å²) in [6.07, 6.45) is 6.22. The van der Waals surface area contributed by atoms with Crippen LogP contribution in [0.25, 0.3) is 44.3 Å². The van der Waals surface area contributed by atoms with Gasteiger partial charge < -0.3 is 39.9 Å². The lowest BCUT2D eigenvalue weighted by atomic mass is 9.98. The number of nitrogens with zero attached hydrogens (tertiary/aromatic N) is 4. The van der Waals surface area contributed by atoms with Crippen LogP contribution in [0.15, 0.2) is 60.7 Å². The number of aromatic amines is 2. The Hall–Kier alpha value is -5.92. The van der Waals surface area contributed by atoms with Crippen LogP contribution in [0, 0.1) is 5.92 Å². The molecule has 0 radical (unpaired) electrons. The largest absolute Gasteiger partial charge is 0.453 e. The average molecular weight is 759 g/mol. The topological polar surface area (TPSA) is 175 Å². The molecule has 5 heterocycles. The van der Waals surface area contributed by atoms with E-state index in [1.807, 2.05) is 21.9 Å². The molecule has 0 unspecified atom stereocenters. The maximum atomic E-state index is 13.8. The predicted molar refractivity (Wildman–Crippen MR) is 208 cm³/mol. The molecule has 1 saturated carbocycles. The molecule has 0 spiro atoms. The number of fused-ring (bicyclic) bond motifs is 3. The van der Waals surface area contributed by atoms with Gasteiger partial charge in [-0.15, -0.1) is 0 Å². The SMILES string of the molecule is COC(=O)N[C@H]1CC[C@H]2CC[C@@H](c3nc4ccc(-c5ccc(-c6ccc7nc([C@@H]8CCCN8C(=O)[C@H]8CCC[C@@H]8NC(=O)OC)[nH]c7c6)cc5)cc4[nH]3)N2C1=O. The summed E-state index contributed by atoms with van der Waals surface area (Å²) in [6.45, 7) is 0.673. The van der Waals surface area contributed by atoms with E-state index in [1.54, 1.807) is 0 Å². The molecule has 290 valence electrons. The second kappa shape index (κ2) is 14.6. The van der Waals surface area contributed by atoms with E-state index in [2.05, 4.69) is 69.1 Å². The molecule has 4 aliphatic rings. The minimum atomic E-state index is -0.594. The zero-order valence-electron chi connectivity index (χ0n) is 31.5. The number of H-pyrrole nitrogens is 2. The van der Waals surface area contributed by atoms with Gasteiger partial charge in [0.2, 0.25) is 11.8 Å². The molecule has 14 heteroatoms. The van der Waals surface area contributed by atoms with Crippen LogP contribution in [0.1, 0.15) is 81.5 Å². The second-order valence-electron chi connectivity index (χ2n) is 15.5. The van der Waals surface area contributed by atoms with Crippen molar-refractivity contribution in [3.63, 3.8) is 0 Å². The van der Waals surface area contributed by atoms with E-state index >= 15 is 0 Å². The number of aromatic nitrogens is 4. The summed E-state index contributed by atoms with van der Waals surface area (Å²) in [7, 11) is 2.65. The highest BCUT2D eigenvalue weighted by Gasteiger charge is 2.45. The van der Waals surface area contributed by atoms with E-state index in [9.17, 15) is 19.2 Å². The van der Waals surface area contributed by atoms with E-state index in [1.165, 1.54) is 14.2 Å². The first-order valence-corrected chi connectivity index (χ1v) is 19.7. The fourth-order valence-corrected chi connectivity index (χ4v) is 9.52. The highest BCUT2D eigenvalue weighted by atomic mass is 16.5. The zero-order chi connectivity index (χ0) is 38.5. The molecule has 2 aromatic heterocycles. The fraction of sp³-hybridized carbons (Fsp3) is 0.429. The van der Waals surface area contributed by atoms with Gasteiger partial charge in [-0.1, -0.05) is 42.8 Å². The number of carbonyl (C=O) groups is 4. The van der Waals surface area contributed by atoms with Crippen molar-refractivity contribution in [3.05, 3.63) is 72.3 Å². The zero-order valence-corrected chi connectivity index (χ0v) is 31.5. The van der Waals surface area contributed by atoms with Crippen molar-refractivity contribution < 1.29 is 28.7 Å². The van der Waals surface area contributed by atoms with Crippen LogP contribution in [-0.4, -0.2) is 92.6 Å². The fourth-order valence-electron chi connectivity index (χ4n) is 9.52. The molecule has 0 bridgehead atoms. The van der Waals surface area contributed by atoms with Gasteiger partial charge in [0.25, 0.3) is 0 Å². The van der Waals surface area contributed by atoms with Crippen LogP contribution in [0.4, 0.5) is 9.59 Å². The monoisotopic (exact) mass is 758 g/mol. The number of amides is 4. The minimum absolute atomic E-state index is 0.0742. The minimum Gasteiger partial charge on any atom is -0.453 e. The van der Waals surface area contributed by atoms with Gasteiger partial charge in [0.15, 0.2) is 0 Å². The lowest BCUT2D eigenvalue weighted by molar-refractivity contribution is -0.140. The van der Waals surface area contributed by atoms with Crippen LogP contribution >= 0.6 is 0 Å². The summed E-state index contributed by atoms with van der Waals surface area (Å²) < 4.78 is 9.54. The van der Waals surface area contributed by atoms with Crippen molar-refractivity contribution in [2.24, 2.45) is 5.92 Å². The molecule has 6 atom stereocenters. The number of ether oxygens (including phenoxy) is 2. The molecule has 1 aliphatic carbocycles. The maximum absolute atomic E-state index is 13.8. The molecule has 56 heavy (non-hydrogen) atoms. The van der Waals surface area contributed by atoms with E-state index in [0.29, 0.717) is 13.0 Å². The molecule has 3 aliphatic heterocycles. The van der Waals surface area contributed by atoms with Gasteiger partial charge in [0.1, 0.15) is 17.7 Å². The number of hydrogen-bond acceptors (Lipinski definition) is 8. The average Bonchev–Trinajstić information content (AvgIpc) is 4.07. The van der Waals surface area contributed by atoms with Gasteiger partial charge in [-0.2, -0.15) is 0 Å². The molecular weight excluding hydrogens is 713 g/mol. The van der Waals surface area contributed by atoms with Crippen molar-refractivity contribution in [2.45, 2.75) is 88.0 Å². The van der Waals surface area contributed by atoms with Crippen LogP contribution in [0.5, 0.6) is 0 Å². The van der Waals surface area contributed by atoms with Crippen LogP contribution < -0.4 is 10.6 Å².